The summed E-state index contributed by atoms with van der Waals surface area (Å²) >= 11 is 3.37. The van der Waals surface area contributed by atoms with Crippen LogP contribution in [0.25, 0.3) is 0 Å². The fourth-order valence-electron chi connectivity index (χ4n) is 3.67. The number of sulfonamides is 1. The molecule has 7 heteroatoms. The Morgan fingerprint density at radius 3 is 2.24 bits per heavy atom. The van der Waals surface area contributed by atoms with Gasteiger partial charge in [0.15, 0.2) is 0 Å². The number of carbonyl (C=O) groups is 1. The van der Waals surface area contributed by atoms with Crippen molar-refractivity contribution in [3.63, 3.8) is 0 Å². The van der Waals surface area contributed by atoms with Crippen LogP contribution in [0, 0.1) is 5.92 Å². The van der Waals surface area contributed by atoms with Gasteiger partial charge < -0.3 is 5.32 Å². The highest BCUT2D eigenvalue weighted by Crippen LogP contribution is 2.24. The van der Waals surface area contributed by atoms with E-state index in [1.807, 2.05) is 24.3 Å². The molecule has 2 aromatic rings. The van der Waals surface area contributed by atoms with Crippen molar-refractivity contribution in [3.05, 3.63) is 64.1 Å². The van der Waals surface area contributed by atoms with Gasteiger partial charge >= 0.3 is 0 Å². The van der Waals surface area contributed by atoms with E-state index in [2.05, 4.69) is 21.2 Å². The fourth-order valence-corrected chi connectivity index (χ4v) is 4.82. The van der Waals surface area contributed by atoms with Crippen molar-refractivity contribution >= 4 is 37.5 Å². The van der Waals surface area contributed by atoms with Gasteiger partial charge in [-0.1, -0.05) is 47.3 Å². The smallest absolute Gasteiger partial charge is 0.251 e. The molecule has 1 aliphatic rings. The van der Waals surface area contributed by atoms with Crippen LogP contribution < -0.4 is 9.62 Å². The van der Waals surface area contributed by atoms with Gasteiger partial charge in [-0.3, -0.25) is 9.10 Å². The Morgan fingerprint density at radius 2 is 1.66 bits per heavy atom. The zero-order chi connectivity index (χ0) is 20.9. The third-order valence-electron chi connectivity index (χ3n) is 5.33. The largest absolute Gasteiger partial charge is 0.352 e. The van der Waals surface area contributed by atoms with Gasteiger partial charge in [0.1, 0.15) is 0 Å². The Morgan fingerprint density at radius 1 is 1.03 bits per heavy atom. The Kier molecular flexibility index (Phi) is 7.35. The molecule has 1 amide bonds. The fraction of sp³-hybridized carbons (Fsp3) is 0.409. The molecule has 0 heterocycles. The summed E-state index contributed by atoms with van der Waals surface area (Å²) in [6.45, 7) is 0.941. The zero-order valence-corrected chi connectivity index (χ0v) is 19.0. The van der Waals surface area contributed by atoms with Crippen LogP contribution in [0.4, 0.5) is 5.69 Å². The van der Waals surface area contributed by atoms with Gasteiger partial charge in [0, 0.05) is 16.6 Å². The Balaban J connectivity index is 1.64. The minimum Gasteiger partial charge on any atom is -0.352 e. The summed E-state index contributed by atoms with van der Waals surface area (Å²) in [5.41, 5.74) is 2.02. The second kappa shape index (κ2) is 9.76. The average molecular weight is 479 g/mol. The summed E-state index contributed by atoms with van der Waals surface area (Å²) in [7, 11) is -3.44. The molecule has 1 N–H and O–H groups in total. The van der Waals surface area contributed by atoms with Crippen molar-refractivity contribution in [3.8, 4) is 0 Å². The zero-order valence-electron chi connectivity index (χ0n) is 16.6. The molecular formula is C22H27BrN2O3S. The Labute approximate surface area is 181 Å². The number of rotatable bonds is 7. The molecule has 0 atom stereocenters. The Hall–Kier alpha value is -1.86. The van der Waals surface area contributed by atoms with Crippen LogP contribution in [0.2, 0.25) is 0 Å². The predicted octanol–water partition coefficient (Wildman–Crippen LogP) is 4.73. The summed E-state index contributed by atoms with van der Waals surface area (Å²) in [6.07, 6.45) is 7.39. The molecule has 1 aliphatic carbocycles. The SMILES string of the molecule is CS(=O)(=O)N(Cc1ccc(C(=O)NCC2CCCCC2)cc1)c1ccc(Br)cc1. The molecule has 0 spiro atoms. The first-order valence-corrected chi connectivity index (χ1v) is 12.6. The number of nitrogens with zero attached hydrogens (tertiary/aromatic N) is 1. The molecule has 0 aromatic heterocycles. The van der Waals surface area contributed by atoms with E-state index in [1.165, 1.54) is 42.7 Å². The van der Waals surface area contributed by atoms with Crippen molar-refractivity contribution in [2.45, 2.75) is 38.6 Å². The van der Waals surface area contributed by atoms with Crippen molar-refractivity contribution in [1.82, 2.24) is 5.32 Å². The van der Waals surface area contributed by atoms with Crippen molar-refractivity contribution in [1.29, 1.82) is 0 Å². The first-order valence-electron chi connectivity index (χ1n) is 9.93. The van der Waals surface area contributed by atoms with E-state index in [0.29, 0.717) is 17.2 Å². The molecule has 5 nitrogen and oxygen atoms in total. The second-order valence-corrected chi connectivity index (χ2v) is 10.5. The summed E-state index contributed by atoms with van der Waals surface area (Å²) < 4.78 is 26.8. The molecule has 0 bridgehead atoms. The van der Waals surface area contributed by atoms with E-state index in [0.717, 1.165) is 16.6 Å². The lowest BCUT2D eigenvalue weighted by Gasteiger charge is -2.23. The molecule has 156 valence electrons. The van der Waals surface area contributed by atoms with Crippen LogP contribution in [0.15, 0.2) is 53.0 Å². The van der Waals surface area contributed by atoms with E-state index < -0.39 is 10.0 Å². The highest BCUT2D eigenvalue weighted by atomic mass is 79.9. The number of halogens is 1. The minimum atomic E-state index is -3.44. The van der Waals surface area contributed by atoms with Gasteiger partial charge in [0.25, 0.3) is 5.91 Å². The molecule has 0 unspecified atom stereocenters. The van der Waals surface area contributed by atoms with E-state index in [-0.39, 0.29) is 12.5 Å². The Bertz CT molecular complexity index is 922. The molecule has 0 radical (unpaired) electrons. The van der Waals surface area contributed by atoms with Crippen LogP contribution in [-0.2, 0) is 16.6 Å². The molecule has 1 fully saturated rings. The summed E-state index contributed by atoms with van der Waals surface area (Å²) in [5, 5.41) is 3.03. The van der Waals surface area contributed by atoms with Gasteiger partial charge in [0.05, 0.1) is 18.5 Å². The number of nitrogens with one attached hydrogen (secondary N) is 1. The summed E-state index contributed by atoms with van der Waals surface area (Å²) in [6, 6.07) is 14.3. The van der Waals surface area contributed by atoms with E-state index in [4.69, 9.17) is 0 Å². The van der Waals surface area contributed by atoms with Crippen LogP contribution >= 0.6 is 15.9 Å². The highest BCUT2D eigenvalue weighted by molar-refractivity contribution is 9.10. The number of amides is 1. The normalized spacial score (nSPS) is 15.1. The van der Waals surface area contributed by atoms with E-state index >= 15 is 0 Å². The molecule has 0 saturated heterocycles. The lowest BCUT2D eigenvalue weighted by Crippen LogP contribution is -2.30. The van der Waals surface area contributed by atoms with Gasteiger partial charge in [-0.2, -0.15) is 0 Å². The van der Waals surface area contributed by atoms with Gasteiger partial charge in [0.2, 0.25) is 10.0 Å². The predicted molar refractivity (Wildman–Crippen MR) is 121 cm³/mol. The highest BCUT2D eigenvalue weighted by Gasteiger charge is 2.18. The number of carbonyl (C=O) groups excluding carboxylic acids is 1. The lowest BCUT2D eigenvalue weighted by atomic mass is 9.89. The van der Waals surface area contributed by atoms with Crippen molar-refractivity contribution in [2.24, 2.45) is 5.92 Å². The summed E-state index contributed by atoms with van der Waals surface area (Å²) in [4.78, 5) is 12.4. The monoisotopic (exact) mass is 478 g/mol. The molecule has 3 rings (SSSR count). The quantitative estimate of drug-likeness (QED) is 0.625. The van der Waals surface area contributed by atoms with Gasteiger partial charge in [-0.15, -0.1) is 0 Å². The first kappa shape index (κ1) is 21.8. The standard InChI is InChI=1S/C22H27BrN2O3S/c1-29(27,28)25(21-13-11-20(23)12-14-21)16-18-7-9-19(10-8-18)22(26)24-15-17-5-3-2-4-6-17/h7-14,17H,2-6,15-16H2,1H3,(H,24,26). The average Bonchev–Trinajstić information content (AvgIpc) is 2.71. The van der Waals surface area contributed by atoms with Crippen molar-refractivity contribution in [2.75, 3.05) is 17.1 Å². The second-order valence-electron chi connectivity index (χ2n) is 7.66. The van der Waals surface area contributed by atoms with Crippen LogP contribution in [0.1, 0.15) is 48.0 Å². The molecule has 1 saturated carbocycles. The molecular weight excluding hydrogens is 452 g/mol. The third kappa shape index (κ3) is 6.31. The number of anilines is 1. The maximum Gasteiger partial charge on any atom is 0.251 e. The van der Waals surface area contributed by atoms with E-state index in [1.54, 1.807) is 24.3 Å². The topological polar surface area (TPSA) is 66.5 Å². The van der Waals surface area contributed by atoms with E-state index in [9.17, 15) is 13.2 Å². The van der Waals surface area contributed by atoms with Gasteiger partial charge in [-0.05, 0) is 60.7 Å². The minimum absolute atomic E-state index is 0.0741. The maximum absolute atomic E-state index is 12.4. The van der Waals surface area contributed by atoms with Crippen LogP contribution in [0.5, 0.6) is 0 Å². The van der Waals surface area contributed by atoms with Gasteiger partial charge in [-0.25, -0.2) is 8.42 Å². The molecule has 2 aromatic carbocycles. The number of hydrogen-bond donors (Lipinski definition) is 1. The maximum atomic E-state index is 12.4. The molecule has 0 aliphatic heterocycles. The molecule has 29 heavy (non-hydrogen) atoms. The lowest BCUT2D eigenvalue weighted by molar-refractivity contribution is 0.0943. The van der Waals surface area contributed by atoms with Crippen LogP contribution in [-0.4, -0.2) is 27.1 Å². The number of benzene rings is 2. The van der Waals surface area contributed by atoms with Crippen LogP contribution in [0.3, 0.4) is 0 Å². The third-order valence-corrected chi connectivity index (χ3v) is 7.00. The first-order chi connectivity index (χ1) is 13.8. The van der Waals surface area contributed by atoms with Crippen molar-refractivity contribution < 1.29 is 13.2 Å². The number of hydrogen-bond acceptors (Lipinski definition) is 3. The summed E-state index contributed by atoms with van der Waals surface area (Å²) in [5.74, 6) is 0.510.